The van der Waals surface area contributed by atoms with Crippen molar-refractivity contribution < 1.29 is 4.74 Å². The molecule has 3 heteroatoms. The highest BCUT2D eigenvalue weighted by molar-refractivity contribution is 7.07. The second kappa shape index (κ2) is 6.08. The molecule has 1 heterocycles. The minimum atomic E-state index is -0.0349. The number of hydrogen-bond donors (Lipinski definition) is 0. The predicted octanol–water partition coefficient (Wildman–Crippen LogP) is 4.67. The maximum Gasteiger partial charge on any atom is 0.123 e. The van der Waals surface area contributed by atoms with Crippen LogP contribution in [0.4, 0.5) is 0 Å². The molecule has 0 aliphatic heterocycles. The van der Waals surface area contributed by atoms with Gasteiger partial charge in [0, 0.05) is 5.56 Å². The number of hydrogen-bond acceptors (Lipinski definition) is 2. The van der Waals surface area contributed by atoms with Gasteiger partial charge < -0.3 is 4.74 Å². The second-order valence-electron chi connectivity index (χ2n) is 3.77. The lowest BCUT2D eigenvalue weighted by Gasteiger charge is -2.14. The molecule has 0 aliphatic carbocycles. The van der Waals surface area contributed by atoms with E-state index < -0.39 is 0 Å². The third-order valence-electron chi connectivity index (χ3n) is 2.55. The predicted molar refractivity (Wildman–Crippen MR) is 74.2 cm³/mol. The number of thiophene rings is 1. The van der Waals surface area contributed by atoms with Gasteiger partial charge in [-0.05, 0) is 41.8 Å². The van der Waals surface area contributed by atoms with Crippen LogP contribution < -0.4 is 4.74 Å². The van der Waals surface area contributed by atoms with Gasteiger partial charge in [-0.15, -0.1) is 11.6 Å². The van der Waals surface area contributed by atoms with Crippen LogP contribution in [-0.2, 0) is 6.42 Å². The van der Waals surface area contributed by atoms with E-state index in [0.717, 1.165) is 17.7 Å². The van der Waals surface area contributed by atoms with Gasteiger partial charge >= 0.3 is 0 Å². The largest absolute Gasteiger partial charge is 0.494 e. The lowest BCUT2D eigenvalue weighted by atomic mass is 10.1. The molecule has 1 unspecified atom stereocenters. The summed E-state index contributed by atoms with van der Waals surface area (Å²) in [7, 11) is 0. The summed E-state index contributed by atoms with van der Waals surface area (Å²) in [6, 6.07) is 10.1. The minimum absolute atomic E-state index is 0.0349. The van der Waals surface area contributed by atoms with Crippen molar-refractivity contribution in [2.24, 2.45) is 0 Å². The fraction of sp³-hybridized carbons (Fsp3) is 0.286. The molecule has 90 valence electrons. The van der Waals surface area contributed by atoms with E-state index in [1.807, 2.05) is 31.2 Å². The Labute approximate surface area is 111 Å². The van der Waals surface area contributed by atoms with Crippen molar-refractivity contribution in [3.8, 4) is 5.75 Å². The van der Waals surface area contributed by atoms with Crippen LogP contribution in [0.2, 0.25) is 0 Å². The third-order valence-corrected chi connectivity index (χ3v) is 3.67. The summed E-state index contributed by atoms with van der Waals surface area (Å²) in [6.07, 6.45) is 0.842. The van der Waals surface area contributed by atoms with Crippen LogP contribution in [0, 0.1) is 0 Å². The molecular weight excluding hydrogens is 252 g/mol. The summed E-state index contributed by atoms with van der Waals surface area (Å²) >= 11 is 8.16. The summed E-state index contributed by atoms with van der Waals surface area (Å²) in [5, 5.41) is 4.18. The molecule has 0 spiro atoms. The number of rotatable bonds is 5. The van der Waals surface area contributed by atoms with Crippen LogP contribution in [0.5, 0.6) is 5.75 Å². The molecule has 0 N–H and O–H groups in total. The number of ether oxygens (including phenoxy) is 1. The molecule has 0 saturated carbocycles. The van der Waals surface area contributed by atoms with Gasteiger partial charge in [0.15, 0.2) is 0 Å². The van der Waals surface area contributed by atoms with Crippen LogP contribution in [0.15, 0.2) is 41.1 Å². The van der Waals surface area contributed by atoms with Crippen molar-refractivity contribution in [1.29, 1.82) is 0 Å². The van der Waals surface area contributed by atoms with Crippen molar-refractivity contribution in [1.82, 2.24) is 0 Å². The smallest absolute Gasteiger partial charge is 0.123 e. The molecule has 0 fully saturated rings. The van der Waals surface area contributed by atoms with E-state index in [-0.39, 0.29) is 5.38 Å². The van der Waals surface area contributed by atoms with Gasteiger partial charge in [0.2, 0.25) is 0 Å². The number of alkyl halides is 1. The molecule has 0 amide bonds. The van der Waals surface area contributed by atoms with E-state index >= 15 is 0 Å². The molecule has 0 bridgehead atoms. The van der Waals surface area contributed by atoms with Crippen LogP contribution in [-0.4, -0.2) is 6.61 Å². The van der Waals surface area contributed by atoms with Gasteiger partial charge in [-0.25, -0.2) is 0 Å². The third kappa shape index (κ3) is 3.24. The molecular formula is C14H15ClOS. The van der Waals surface area contributed by atoms with Gasteiger partial charge in [0.05, 0.1) is 12.0 Å². The molecule has 1 nitrogen and oxygen atoms in total. The summed E-state index contributed by atoms with van der Waals surface area (Å²) < 4.78 is 5.60. The van der Waals surface area contributed by atoms with E-state index in [0.29, 0.717) is 6.61 Å². The first-order valence-electron chi connectivity index (χ1n) is 5.68. The molecule has 1 aromatic heterocycles. The first-order chi connectivity index (χ1) is 8.31. The van der Waals surface area contributed by atoms with Crippen molar-refractivity contribution in [2.75, 3.05) is 6.61 Å². The Hall–Kier alpha value is -0.990. The highest BCUT2D eigenvalue weighted by Crippen LogP contribution is 2.32. The lowest BCUT2D eigenvalue weighted by Crippen LogP contribution is -2.00. The van der Waals surface area contributed by atoms with Gasteiger partial charge in [-0.2, -0.15) is 11.3 Å². The fourth-order valence-corrected chi connectivity index (χ4v) is 2.79. The maximum absolute atomic E-state index is 6.46. The molecule has 1 atom stereocenters. The highest BCUT2D eigenvalue weighted by atomic mass is 35.5. The molecule has 2 rings (SSSR count). The van der Waals surface area contributed by atoms with Gasteiger partial charge in [0.1, 0.15) is 5.75 Å². The van der Waals surface area contributed by atoms with E-state index in [2.05, 4.69) is 16.8 Å². The first kappa shape index (κ1) is 12.5. The van der Waals surface area contributed by atoms with Gasteiger partial charge in [-0.1, -0.05) is 18.2 Å². The zero-order valence-corrected chi connectivity index (χ0v) is 11.3. The highest BCUT2D eigenvalue weighted by Gasteiger charge is 2.13. The normalized spacial score (nSPS) is 12.4. The summed E-state index contributed by atoms with van der Waals surface area (Å²) in [6.45, 7) is 2.65. The van der Waals surface area contributed by atoms with E-state index in [1.165, 1.54) is 5.56 Å². The van der Waals surface area contributed by atoms with Gasteiger partial charge in [0.25, 0.3) is 0 Å². The van der Waals surface area contributed by atoms with Crippen LogP contribution in [0.25, 0.3) is 0 Å². The zero-order valence-electron chi connectivity index (χ0n) is 9.73. The summed E-state index contributed by atoms with van der Waals surface area (Å²) in [5.74, 6) is 0.894. The molecule has 0 radical (unpaired) electrons. The average molecular weight is 267 g/mol. The molecule has 2 aromatic rings. The monoisotopic (exact) mass is 266 g/mol. The molecule has 0 aliphatic rings. The Morgan fingerprint density at radius 2 is 2.12 bits per heavy atom. The Morgan fingerprint density at radius 1 is 1.29 bits per heavy atom. The van der Waals surface area contributed by atoms with Crippen molar-refractivity contribution in [2.45, 2.75) is 18.7 Å². The molecule has 17 heavy (non-hydrogen) atoms. The number of halogens is 1. The van der Waals surface area contributed by atoms with Gasteiger partial charge in [-0.3, -0.25) is 0 Å². The summed E-state index contributed by atoms with van der Waals surface area (Å²) in [4.78, 5) is 0. The average Bonchev–Trinajstić information content (AvgIpc) is 2.83. The van der Waals surface area contributed by atoms with Crippen molar-refractivity contribution in [3.05, 3.63) is 52.2 Å². The van der Waals surface area contributed by atoms with Crippen LogP contribution in [0.3, 0.4) is 0 Å². The van der Waals surface area contributed by atoms with E-state index in [4.69, 9.17) is 16.3 Å². The standard InChI is InChI=1S/C14H15ClOS/c1-2-16-14-6-4-3-5-12(14)13(15)9-11-7-8-17-10-11/h3-8,10,13H,2,9H2,1H3. The van der Waals surface area contributed by atoms with E-state index in [9.17, 15) is 0 Å². The Morgan fingerprint density at radius 3 is 2.82 bits per heavy atom. The Kier molecular flexibility index (Phi) is 4.46. The van der Waals surface area contributed by atoms with Crippen molar-refractivity contribution in [3.63, 3.8) is 0 Å². The Balaban J connectivity index is 2.15. The summed E-state index contributed by atoms with van der Waals surface area (Å²) in [5.41, 5.74) is 2.35. The molecule has 0 saturated heterocycles. The van der Waals surface area contributed by atoms with E-state index in [1.54, 1.807) is 11.3 Å². The second-order valence-corrected chi connectivity index (χ2v) is 5.08. The topological polar surface area (TPSA) is 9.23 Å². The maximum atomic E-state index is 6.46. The van der Waals surface area contributed by atoms with Crippen LogP contribution >= 0.6 is 22.9 Å². The fourth-order valence-electron chi connectivity index (χ4n) is 1.75. The molecule has 1 aromatic carbocycles. The minimum Gasteiger partial charge on any atom is -0.494 e. The van der Waals surface area contributed by atoms with Crippen molar-refractivity contribution >= 4 is 22.9 Å². The Bertz CT molecular complexity index is 453. The number of benzene rings is 1. The number of para-hydroxylation sites is 1. The lowest BCUT2D eigenvalue weighted by molar-refractivity contribution is 0.336. The first-order valence-corrected chi connectivity index (χ1v) is 7.06. The quantitative estimate of drug-likeness (QED) is 0.715. The SMILES string of the molecule is CCOc1ccccc1C(Cl)Cc1ccsc1. The van der Waals surface area contributed by atoms with Crippen LogP contribution in [0.1, 0.15) is 23.4 Å². The zero-order chi connectivity index (χ0) is 12.1.